The minimum atomic E-state index is -3.51. The van der Waals surface area contributed by atoms with Crippen molar-refractivity contribution in [1.82, 2.24) is 10.2 Å². The molecule has 7 nitrogen and oxygen atoms in total. The van der Waals surface area contributed by atoms with Gasteiger partial charge in [-0.05, 0) is 49.9 Å². The number of nitrogens with one attached hydrogen (secondary N) is 1. The van der Waals surface area contributed by atoms with Gasteiger partial charge in [-0.2, -0.15) is 0 Å². The Kier molecular flexibility index (Phi) is 8.83. The van der Waals surface area contributed by atoms with Crippen molar-refractivity contribution >= 4 is 27.5 Å². The fourth-order valence-electron chi connectivity index (χ4n) is 3.54. The number of carbonyl (C=O) groups is 2. The Morgan fingerprint density at radius 1 is 1.06 bits per heavy atom. The van der Waals surface area contributed by atoms with E-state index in [1.807, 2.05) is 62.4 Å². The number of rotatable bonds is 10. The molecule has 0 unspecified atom stereocenters. The Morgan fingerprint density at radius 3 is 2.31 bits per heavy atom. The summed E-state index contributed by atoms with van der Waals surface area (Å²) in [5, 5.41) is 2.59. The van der Waals surface area contributed by atoms with E-state index in [0.717, 1.165) is 16.7 Å². The summed E-state index contributed by atoms with van der Waals surface area (Å²) >= 11 is 0. The van der Waals surface area contributed by atoms with Gasteiger partial charge in [0.2, 0.25) is 21.8 Å². The molecule has 0 aliphatic carbocycles. The quantitative estimate of drug-likeness (QED) is 0.592. The van der Waals surface area contributed by atoms with Crippen LogP contribution in [-0.4, -0.2) is 51.0 Å². The Labute approximate surface area is 191 Å². The van der Waals surface area contributed by atoms with Crippen LogP contribution in [0.15, 0.2) is 48.5 Å². The summed E-state index contributed by atoms with van der Waals surface area (Å²) < 4.78 is 26.3. The van der Waals surface area contributed by atoms with E-state index >= 15 is 0 Å². The van der Waals surface area contributed by atoms with Gasteiger partial charge < -0.3 is 10.2 Å². The molecule has 2 amide bonds. The SMILES string of the molecule is CNC(=O)[C@H](C)N(Cc1ccccc1)C(=O)CCCN(c1cc(C)ccc1C)S(C)(=O)=O. The molecule has 0 bridgehead atoms. The predicted octanol–water partition coefficient (Wildman–Crippen LogP) is 3.01. The topological polar surface area (TPSA) is 86.8 Å². The van der Waals surface area contributed by atoms with E-state index in [4.69, 9.17) is 0 Å². The van der Waals surface area contributed by atoms with Gasteiger partial charge in [-0.25, -0.2) is 8.42 Å². The highest BCUT2D eigenvalue weighted by atomic mass is 32.2. The molecule has 174 valence electrons. The van der Waals surface area contributed by atoms with E-state index in [1.54, 1.807) is 6.92 Å². The molecule has 0 saturated carbocycles. The highest BCUT2D eigenvalue weighted by molar-refractivity contribution is 7.92. The molecule has 2 rings (SSSR count). The van der Waals surface area contributed by atoms with Crippen molar-refractivity contribution in [2.24, 2.45) is 0 Å². The first-order valence-corrected chi connectivity index (χ1v) is 12.5. The maximum Gasteiger partial charge on any atom is 0.242 e. The summed E-state index contributed by atoms with van der Waals surface area (Å²) in [4.78, 5) is 26.8. The molecule has 0 fully saturated rings. The van der Waals surface area contributed by atoms with Gasteiger partial charge >= 0.3 is 0 Å². The largest absolute Gasteiger partial charge is 0.357 e. The number of anilines is 1. The van der Waals surface area contributed by atoms with Crippen molar-refractivity contribution in [3.05, 3.63) is 65.2 Å². The van der Waals surface area contributed by atoms with Crippen LogP contribution in [0.1, 0.15) is 36.5 Å². The van der Waals surface area contributed by atoms with Gasteiger partial charge in [0.1, 0.15) is 6.04 Å². The van der Waals surface area contributed by atoms with E-state index in [0.29, 0.717) is 18.7 Å². The second-order valence-corrected chi connectivity index (χ2v) is 9.93. The molecule has 0 saturated heterocycles. The smallest absolute Gasteiger partial charge is 0.242 e. The average molecular weight is 460 g/mol. The lowest BCUT2D eigenvalue weighted by atomic mass is 10.1. The Hall–Kier alpha value is -2.87. The Morgan fingerprint density at radius 2 is 1.72 bits per heavy atom. The lowest BCUT2D eigenvalue weighted by molar-refractivity contribution is -0.140. The Balaban J connectivity index is 2.16. The van der Waals surface area contributed by atoms with Crippen molar-refractivity contribution in [3.8, 4) is 0 Å². The van der Waals surface area contributed by atoms with Gasteiger partial charge in [-0.1, -0.05) is 42.5 Å². The van der Waals surface area contributed by atoms with Crippen LogP contribution in [0.3, 0.4) is 0 Å². The molecular weight excluding hydrogens is 426 g/mol. The normalized spacial score (nSPS) is 12.2. The molecular formula is C24H33N3O4S. The van der Waals surface area contributed by atoms with Crippen molar-refractivity contribution in [1.29, 1.82) is 0 Å². The van der Waals surface area contributed by atoms with E-state index in [1.165, 1.54) is 22.5 Å². The van der Waals surface area contributed by atoms with Crippen molar-refractivity contribution < 1.29 is 18.0 Å². The van der Waals surface area contributed by atoms with Gasteiger partial charge in [0, 0.05) is 26.6 Å². The monoisotopic (exact) mass is 459 g/mol. The van der Waals surface area contributed by atoms with Crippen molar-refractivity contribution in [3.63, 3.8) is 0 Å². The molecule has 8 heteroatoms. The van der Waals surface area contributed by atoms with Crippen molar-refractivity contribution in [2.45, 2.75) is 46.2 Å². The number of nitrogens with zero attached hydrogens (tertiary/aromatic N) is 2. The van der Waals surface area contributed by atoms with E-state index < -0.39 is 16.1 Å². The number of amides is 2. The highest BCUT2D eigenvalue weighted by Crippen LogP contribution is 2.24. The lowest BCUT2D eigenvalue weighted by Gasteiger charge is -2.29. The fraction of sp³-hybridized carbons (Fsp3) is 0.417. The summed E-state index contributed by atoms with van der Waals surface area (Å²) in [6.07, 6.45) is 1.64. The second kappa shape index (κ2) is 11.1. The molecule has 0 heterocycles. The first kappa shape index (κ1) is 25.4. The van der Waals surface area contributed by atoms with Crippen LogP contribution in [0.4, 0.5) is 5.69 Å². The van der Waals surface area contributed by atoms with Crippen LogP contribution < -0.4 is 9.62 Å². The van der Waals surface area contributed by atoms with Crippen LogP contribution in [-0.2, 0) is 26.2 Å². The standard InChI is InChI=1S/C24H33N3O4S/c1-18-13-14-19(2)22(16-18)27(32(5,30)31)15-9-12-23(28)26(20(3)24(29)25-4)17-21-10-7-6-8-11-21/h6-8,10-11,13-14,16,20H,9,12,15,17H2,1-5H3,(H,25,29)/t20-/m0/s1. The highest BCUT2D eigenvalue weighted by Gasteiger charge is 2.26. The first-order valence-electron chi connectivity index (χ1n) is 10.6. The molecule has 0 aromatic heterocycles. The molecule has 2 aromatic carbocycles. The maximum absolute atomic E-state index is 13.1. The summed E-state index contributed by atoms with van der Waals surface area (Å²) in [6.45, 7) is 5.96. The summed E-state index contributed by atoms with van der Waals surface area (Å²) in [5.74, 6) is -0.443. The average Bonchev–Trinajstić information content (AvgIpc) is 2.75. The zero-order chi connectivity index (χ0) is 23.9. The molecule has 2 aromatic rings. The van der Waals surface area contributed by atoms with Crippen LogP contribution in [0, 0.1) is 13.8 Å². The third-order valence-electron chi connectivity index (χ3n) is 5.39. The van der Waals surface area contributed by atoms with Gasteiger partial charge in [0.15, 0.2) is 0 Å². The lowest BCUT2D eigenvalue weighted by Crippen LogP contribution is -2.46. The van der Waals surface area contributed by atoms with Crippen LogP contribution in [0.5, 0.6) is 0 Å². The number of sulfonamides is 1. The molecule has 0 aliphatic rings. The van der Waals surface area contributed by atoms with E-state index in [9.17, 15) is 18.0 Å². The zero-order valence-corrected chi connectivity index (χ0v) is 20.3. The third kappa shape index (κ3) is 6.82. The van der Waals surface area contributed by atoms with Gasteiger partial charge in [0.05, 0.1) is 11.9 Å². The summed E-state index contributed by atoms with van der Waals surface area (Å²) in [7, 11) is -1.97. The van der Waals surface area contributed by atoms with Gasteiger partial charge in [-0.3, -0.25) is 13.9 Å². The maximum atomic E-state index is 13.1. The number of hydrogen-bond acceptors (Lipinski definition) is 4. The van der Waals surface area contributed by atoms with E-state index in [2.05, 4.69) is 5.32 Å². The molecule has 1 atom stereocenters. The summed E-state index contributed by atoms with van der Waals surface area (Å²) in [6, 6.07) is 14.5. The minimum Gasteiger partial charge on any atom is -0.357 e. The van der Waals surface area contributed by atoms with E-state index in [-0.39, 0.29) is 24.8 Å². The molecule has 0 aliphatic heterocycles. The first-order chi connectivity index (χ1) is 15.0. The molecule has 0 spiro atoms. The molecule has 0 radical (unpaired) electrons. The molecule has 32 heavy (non-hydrogen) atoms. The van der Waals surface area contributed by atoms with Gasteiger partial charge in [0.25, 0.3) is 0 Å². The Bertz CT molecular complexity index is 1040. The number of benzene rings is 2. The fourth-order valence-corrected chi connectivity index (χ4v) is 4.56. The number of aryl methyl sites for hydroxylation is 2. The second-order valence-electron chi connectivity index (χ2n) is 8.03. The zero-order valence-electron chi connectivity index (χ0n) is 19.5. The predicted molar refractivity (Wildman–Crippen MR) is 128 cm³/mol. The third-order valence-corrected chi connectivity index (χ3v) is 6.57. The number of likely N-dealkylation sites (N-methyl/N-ethyl adjacent to an activating group) is 1. The number of hydrogen-bond donors (Lipinski definition) is 1. The van der Waals surface area contributed by atoms with Crippen LogP contribution >= 0.6 is 0 Å². The summed E-state index contributed by atoms with van der Waals surface area (Å²) in [5.41, 5.74) is 3.36. The minimum absolute atomic E-state index is 0.130. The number of carbonyl (C=O) groups excluding carboxylic acids is 2. The van der Waals surface area contributed by atoms with Crippen LogP contribution in [0.2, 0.25) is 0 Å². The van der Waals surface area contributed by atoms with Crippen molar-refractivity contribution in [2.75, 3.05) is 24.2 Å². The van der Waals surface area contributed by atoms with Gasteiger partial charge in [-0.15, -0.1) is 0 Å². The molecule has 1 N–H and O–H groups in total. The van der Waals surface area contributed by atoms with Crippen LogP contribution in [0.25, 0.3) is 0 Å².